The van der Waals surface area contributed by atoms with Gasteiger partial charge in [-0.3, -0.25) is 0 Å². The van der Waals surface area contributed by atoms with Crippen LogP contribution in [0, 0.1) is 0 Å². The van der Waals surface area contributed by atoms with Crippen LogP contribution >= 0.6 is 11.6 Å². The number of rotatable bonds is 6. The van der Waals surface area contributed by atoms with Gasteiger partial charge >= 0.3 is 5.97 Å². The van der Waals surface area contributed by atoms with E-state index in [0.29, 0.717) is 5.02 Å². The van der Waals surface area contributed by atoms with Gasteiger partial charge in [-0.05, 0) is 38.1 Å². The average molecular weight is 319 g/mol. The normalized spacial score (nSPS) is 12.1. The van der Waals surface area contributed by atoms with Gasteiger partial charge in [0.15, 0.2) is 4.91 Å². The van der Waals surface area contributed by atoms with Crippen molar-refractivity contribution >= 4 is 27.4 Å². The van der Waals surface area contributed by atoms with Crippen molar-refractivity contribution in [3.63, 3.8) is 0 Å². The highest BCUT2D eigenvalue weighted by molar-refractivity contribution is 7.96. The van der Waals surface area contributed by atoms with Gasteiger partial charge in [0.25, 0.3) is 0 Å². The highest BCUT2D eigenvalue weighted by Crippen LogP contribution is 2.22. The molecule has 5 nitrogen and oxygen atoms in total. The van der Waals surface area contributed by atoms with E-state index in [9.17, 15) is 13.2 Å². The number of sulfone groups is 1. The van der Waals surface area contributed by atoms with Crippen LogP contribution in [-0.4, -0.2) is 27.6 Å². The van der Waals surface area contributed by atoms with Crippen LogP contribution in [0.4, 0.5) is 0 Å². The number of hydrogen-bond donors (Lipinski definition) is 0. The quantitative estimate of drug-likeness (QED) is 0.458. The lowest BCUT2D eigenvalue weighted by Gasteiger charge is -2.08. The molecule has 0 heterocycles. The van der Waals surface area contributed by atoms with Crippen molar-refractivity contribution in [2.24, 2.45) is 0 Å². The first kappa shape index (κ1) is 16.5. The monoisotopic (exact) mass is 318 g/mol. The summed E-state index contributed by atoms with van der Waals surface area (Å²) in [6.07, 6.45) is 0.905. The van der Waals surface area contributed by atoms with Gasteiger partial charge in [0.05, 0.1) is 18.1 Å². The summed E-state index contributed by atoms with van der Waals surface area (Å²) < 4.78 is 34.4. The van der Waals surface area contributed by atoms with E-state index in [1.54, 1.807) is 13.8 Å². The number of carbonyl (C=O) groups is 1. The van der Waals surface area contributed by atoms with E-state index >= 15 is 0 Å². The van der Waals surface area contributed by atoms with Crippen LogP contribution in [0.25, 0.3) is 0 Å². The largest absolute Gasteiger partial charge is 0.500 e. The number of hydrogen-bond acceptors (Lipinski definition) is 5. The Morgan fingerprint density at radius 1 is 1.20 bits per heavy atom. The highest BCUT2D eigenvalue weighted by Gasteiger charge is 2.29. The first-order chi connectivity index (χ1) is 9.43. The molecule has 0 amide bonds. The van der Waals surface area contributed by atoms with Crippen LogP contribution in [0.1, 0.15) is 13.8 Å². The van der Waals surface area contributed by atoms with Crippen molar-refractivity contribution in [1.82, 2.24) is 0 Å². The van der Waals surface area contributed by atoms with Crippen molar-refractivity contribution in [1.29, 1.82) is 0 Å². The molecule has 20 heavy (non-hydrogen) atoms. The molecule has 0 aliphatic heterocycles. The van der Waals surface area contributed by atoms with E-state index in [-0.39, 0.29) is 18.1 Å². The van der Waals surface area contributed by atoms with Gasteiger partial charge in [-0.2, -0.15) is 0 Å². The lowest BCUT2D eigenvalue weighted by atomic mass is 10.4. The molecule has 0 fully saturated rings. The number of carbonyl (C=O) groups excluding carboxylic acids is 1. The van der Waals surface area contributed by atoms with E-state index < -0.39 is 20.7 Å². The Labute approximate surface area is 123 Å². The fraction of sp³-hybridized carbons (Fsp3) is 0.308. The van der Waals surface area contributed by atoms with Gasteiger partial charge in [-0.15, -0.1) is 0 Å². The summed E-state index contributed by atoms with van der Waals surface area (Å²) in [6.45, 7) is 3.57. The Hall–Kier alpha value is -1.53. The molecule has 0 bridgehead atoms. The van der Waals surface area contributed by atoms with Crippen LogP contribution in [0.2, 0.25) is 5.02 Å². The third kappa shape index (κ3) is 3.98. The molecule has 0 aliphatic rings. The van der Waals surface area contributed by atoms with Gasteiger partial charge in [0.1, 0.15) is 6.26 Å². The predicted octanol–water partition coefficient (Wildman–Crippen LogP) is 2.55. The minimum atomic E-state index is -4.01. The standard InChI is InChI=1S/C13H15ClO5S/c1-3-18-9-12(13(15)19-4-2)20(16,17)11-7-5-10(14)6-8-11/h5-9H,3-4H2,1-2H3/b12-9+. The molecule has 0 saturated heterocycles. The van der Waals surface area contributed by atoms with E-state index in [1.807, 2.05) is 0 Å². The van der Waals surface area contributed by atoms with E-state index in [4.69, 9.17) is 21.1 Å². The van der Waals surface area contributed by atoms with E-state index in [2.05, 4.69) is 0 Å². The van der Waals surface area contributed by atoms with Crippen LogP contribution in [-0.2, 0) is 24.1 Å². The molecule has 0 N–H and O–H groups in total. The summed E-state index contributed by atoms with van der Waals surface area (Å²) in [6, 6.07) is 5.49. The number of benzene rings is 1. The zero-order chi connectivity index (χ0) is 15.2. The van der Waals surface area contributed by atoms with E-state index in [0.717, 1.165) is 6.26 Å². The molecule has 110 valence electrons. The van der Waals surface area contributed by atoms with Crippen molar-refractivity contribution < 1.29 is 22.7 Å². The zero-order valence-corrected chi connectivity index (χ0v) is 12.7. The number of halogens is 1. The molecule has 0 saturated carbocycles. The molecule has 1 rings (SSSR count). The van der Waals surface area contributed by atoms with Crippen LogP contribution in [0.15, 0.2) is 40.3 Å². The van der Waals surface area contributed by atoms with Crippen molar-refractivity contribution in [3.8, 4) is 0 Å². The minimum absolute atomic E-state index is 0.0547. The summed E-state index contributed by atoms with van der Waals surface area (Å²) in [4.78, 5) is 11.2. The van der Waals surface area contributed by atoms with Gasteiger partial charge in [-0.25, -0.2) is 13.2 Å². The maximum absolute atomic E-state index is 12.4. The lowest BCUT2D eigenvalue weighted by molar-refractivity contribution is -0.137. The number of esters is 1. The molecule has 0 unspecified atom stereocenters. The molecule has 1 aromatic carbocycles. The van der Waals surface area contributed by atoms with Crippen LogP contribution in [0.5, 0.6) is 0 Å². The Kier molecular flexibility index (Phi) is 6.04. The van der Waals surface area contributed by atoms with Crippen molar-refractivity contribution in [3.05, 3.63) is 40.5 Å². The van der Waals surface area contributed by atoms with E-state index in [1.165, 1.54) is 24.3 Å². The Morgan fingerprint density at radius 3 is 2.30 bits per heavy atom. The second kappa shape index (κ2) is 7.31. The molecule has 0 spiro atoms. The second-order valence-electron chi connectivity index (χ2n) is 3.62. The Bertz CT molecular complexity index is 590. The van der Waals surface area contributed by atoms with Gasteiger partial charge in [-0.1, -0.05) is 11.6 Å². The molecule has 0 aromatic heterocycles. The van der Waals surface area contributed by atoms with Gasteiger partial charge < -0.3 is 9.47 Å². The highest BCUT2D eigenvalue weighted by atomic mass is 35.5. The summed E-state index contributed by atoms with van der Waals surface area (Å²) >= 11 is 5.71. The van der Waals surface area contributed by atoms with Crippen LogP contribution in [0.3, 0.4) is 0 Å². The Morgan fingerprint density at radius 2 is 1.80 bits per heavy atom. The van der Waals surface area contributed by atoms with Crippen molar-refractivity contribution in [2.45, 2.75) is 18.7 Å². The fourth-order valence-corrected chi connectivity index (χ4v) is 2.67. The molecule has 1 aromatic rings. The smallest absolute Gasteiger partial charge is 0.353 e. The van der Waals surface area contributed by atoms with Crippen LogP contribution < -0.4 is 0 Å². The van der Waals surface area contributed by atoms with Gasteiger partial charge in [0, 0.05) is 5.02 Å². The predicted molar refractivity (Wildman–Crippen MR) is 75.0 cm³/mol. The maximum atomic E-state index is 12.4. The lowest BCUT2D eigenvalue weighted by Crippen LogP contribution is -2.17. The SMILES string of the molecule is CCO/C=C(\C(=O)OCC)S(=O)(=O)c1ccc(Cl)cc1. The zero-order valence-electron chi connectivity index (χ0n) is 11.1. The molecular weight excluding hydrogens is 304 g/mol. The molecule has 0 radical (unpaired) electrons. The van der Waals surface area contributed by atoms with Crippen molar-refractivity contribution in [2.75, 3.05) is 13.2 Å². The topological polar surface area (TPSA) is 69.7 Å². The Balaban J connectivity index is 3.24. The molecule has 0 atom stereocenters. The first-order valence-corrected chi connectivity index (χ1v) is 7.79. The molecule has 7 heteroatoms. The third-order valence-corrected chi connectivity index (χ3v) is 4.23. The molecule has 0 aliphatic carbocycles. The average Bonchev–Trinajstić information content (AvgIpc) is 2.39. The summed E-state index contributed by atoms with van der Waals surface area (Å²) in [5.41, 5.74) is 0. The maximum Gasteiger partial charge on any atom is 0.353 e. The number of ether oxygens (including phenoxy) is 2. The van der Waals surface area contributed by atoms with Gasteiger partial charge in [0.2, 0.25) is 9.84 Å². The minimum Gasteiger partial charge on any atom is -0.500 e. The third-order valence-electron chi connectivity index (χ3n) is 2.25. The molecular formula is C13H15ClO5S. The second-order valence-corrected chi connectivity index (χ2v) is 5.97. The fourth-order valence-electron chi connectivity index (χ4n) is 1.32. The summed E-state index contributed by atoms with van der Waals surface area (Å²) in [7, 11) is -4.01. The first-order valence-electron chi connectivity index (χ1n) is 5.93. The summed E-state index contributed by atoms with van der Waals surface area (Å²) in [5, 5.41) is 0.399. The summed E-state index contributed by atoms with van der Waals surface area (Å²) in [5.74, 6) is -0.948.